The molecule has 0 radical (unpaired) electrons. The molecule has 0 aliphatic heterocycles. The van der Waals surface area contributed by atoms with Gasteiger partial charge in [-0.3, -0.25) is 5.10 Å². The molecule has 0 spiro atoms. The number of nitrogens with zero attached hydrogens (tertiary/aromatic N) is 4. The van der Waals surface area contributed by atoms with Crippen LogP contribution in [0.25, 0.3) is 11.0 Å². The van der Waals surface area contributed by atoms with E-state index in [1.54, 1.807) is 6.33 Å². The molecule has 92 valence electrons. The van der Waals surface area contributed by atoms with E-state index >= 15 is 0 Å². The Hall–Kier alpha value is -1.69. The van der Waals surface area contributed by atoms with Crippen LogP contribution in [0.15, 0.2) is 6.33 Å². The molecule has 0 atom stereocenters. The van der Waals surface area contributed by atoms with Crippen molar-refractivity contribution in [2.45, 2.75) is 13.3 Å². The van der Waals surface area contributed by atoms with Crippen LogP contribution in [0.1, 0.15) is 12.1 Å². The van der Waals surface area contributed by atoms with Gasteiger partial charge in [0.2, 0.25) is 0 Å². The number of hydrogen-bond donors (Lipinski definition) is 2. The van der Waals surface area contributed by atoms with Crippen molar-refractivity contribution in [2.75, 3.05) is 32.5 Å². The molecule has 0 aliphatic carbocycles. The first kappa shape index (κ1) is 11.8. The van der Waals surface area contributed by atoms with Crippen molar-refractivity contribution in [3.63, 3.8) is 0 Å². The summed E-state index contributed by atoms with van der Waals surface area (Å²) in [5.74, 6) is 0.804. The lowest BCUT2D eigenvalue weighted by Crippen LogP contribution is -2.16. The van der Waals surface area contributed by atoms with Crippen LogP contribution in [0.4, 0.5) is 5.82 Å². The lowest BCUT2D eigenvalue weighted by Gasteiger charge is -2.10. The molecule has 0 fully saturated rings. The summed E-state index contributed by atoms with van der Waals surface area (Å²) in [6.07, 6.45) is 2.64. The Morgan fingerprint density at radius 3 is 2.88 bits per heavy atom. The molecule has 17 heavy (non-hydrogen) atoms. The molecule has 0 amide bonds. The fourth-order valence-electron chi connectivity index (χ4n) is 1.68. The third kappa shape index (κ3) is 2.71. The Bertz CT molecular complexity index is 490. The van der Waals surface area contributed by atoms with Crippen LogP contribution in [-0.4, -0.2) is 52.3 Å². The number of aromatic amines is 1. The van der Waals surface area contributed by atoms with E-state index in [-0.39, 0.29) is 0 Å². The van der Waals surface area contributed by atoms with Gasteiger partial charge in [-0.15, -0.1) is 0 Å². The fourth-order valence-corrected chi connectivity index (χ4v) is 1.68. The second-order valence-corrected chi connectivity index (χ2v) is 4.35. The monoisotopic (exact) mass is 234 g/mol. The van der Waals surface area contributed by atoms with Crippen molar-refractivity contribution in [3.8, 4) is 0 Å². The van der Waals surface area contributed by atoms with Gasteiger partial charge < -0.3 is 10.2 Å². The number of nitrogens with one attached hydrogen (secondary N) is 2. The third-order valence-electron chi connectivity index (χ3n) is 2.59. The normalized spacial score (nSPS) is 11.3. The number of hydrogen-bond acceptors (Lipinski definition) is 5. The summed E-state index contributed by atoms with van der Waals surface area (Å²) in [6, 6.07) is 0. The molecule has 0 unspecified atom stereocenters. The Labute approximate surface area is 100 Å². The van der Waals surface area contributed by atoms with Gasteiger partial charge in [0.25, 0.3) is 0 Å². The largest absolute Gasteiger partial charge is 0.368 e. The molecule has 0 bridgehead atoms. The number of aromatic nitrogens is 4. The zero-order chi connectivity index (χ0) is 12.3. The van der Waals surface area contributed by atoms with Crippen molar-refractivity contribution in [3.05, 3.63) is 12.0 Å². The predicted octanol–water partition coefficient (Wildman–Crippen LogP) is 1.02. The molecular weight excluding hydrogens is 216 g/mol. The van der Waals surface area contributed by atoms with Crippen molar-refractivity contribution < 1.29 is 0 Å². The highest BCUT2D eigenvalue weighted by Gasteiger charge is 2.08. The van der Waals surface area contributed by atoms with Crippen LogP contribution < -0.4 is 5.32 Å². The number of anilines is 1. The van der Waals surface area contributed by atoms with Gasteiger partial charge in [0, 0.05) is 6.54 Å². The zero-order valence-corrected chi connectivity index (χ0v) is 10.5. The molecule has 0 saturated heterocycles. The first-order chi connectivity index (χ1) is 8.18. The summed E-state index contributed by atoms with van der Waals surface area (Å²) in [4.78, 5) is 10.6. The topological polar surface area (TPSA) is 69.7 Å². The van der Waals surface area contributed by atoms with E-state index in [9.17, 15) is 0 Å². The molecule has 2 aromatic rings. The molecule has 2 rings (SSSR count). The maximum Gasteiger partial charge on any atom is 0.157 e. The first-order valence-electron chi connectivity index (χ1n) is 5.73. The van der Waals surface area contributed by atoms with E-state index < -0.39 is 0 Å². The van der Waals surface area contributed by atoms with Gasteiger partial charge >= 0.3 is 0 Å². The minimum absolute atomic E-state index is 0.804. The lowest BCUT2D eigenvalue weighted by molar-refractivity contribution is 0.405. The SMILES string of the molecule is Cc1[nH]nc2c(NCCCN(C)C)ncnc12. The highest BCUT2D eigenvalue weighted by atomic mass is 15.2. The molecule has 0 saturated carbocycles. The number of H-pyrrole nitrogens is 1. The Balaban J connectivity index is 2.03. The summed E-state index contributed by atoms with van der Waals surface area (Å²) in [5, 5.41) is 10.4. The van der Waals surface area contributed by atoms with Crippen LogP contribution in [0.2, 0.25) is 0 Å². The summed E-state index contributed by atoms with van der Waals surface area (Å²) in [5.41, 5.74) is 2.67. The van der Waals surface area contributed by atoms with E-state index in [0.717, 1.165) is 42.1 Å². The minimum atomic E-state index is 0.804. The molecule has 6 heteroatoms. The van der Waals surface area contributed by atoms with Gasteiger partial charge in [-0.25, -0.2) is 9.97 Å². The summed E-state index contributed by atoms with van der Waals surface area (Å²) in [7, 11) is 4.14. The second kappa shape index (κ2) is 5.09. The highest BCUT2D eigenvalue weighted by Crippen LogP contribution is 2.18. The molecule has 0 aromatic carbocycles. The fraction of sp³-hybridized carbons (Fsp3) is 0.545. The Morgan fingerprint density at radius 1 is 1.29 bits per heavy atom. The van der Waals surface area contributed by atoms with E-state index in [0.29, 0.717) is 0 Å². The average molecular weight is 234 g/mol. The van der Waals surface area contributed by atoms with Gasteiger partial charge in [-0.1, -0.05) is 0 Å². The van der Waals surface area contributed by atoms with Crippen molar-refractivity contribution in [2.24, 2.45) is 0 Å². The van der Waals surface area contributed by atoms with Crippen LogP contribution in [-0.2, 0) is 0 Å². The number of rotatable bonds is 5. The Morgan fingerprint density at radius 2 is 2.12 bits per heavy atom. The Kier molecular flexibility index (Phi) is 3.53. The maximum atomic E-state index is 4.22. The van der Waals surface area contributed by atoms with Gasteiger partial charge in [-0.05, 0) is 34.0 Å². The summed E-state index contributed by atoms with van der Waals surface area (Å²) >= 11 is 0. The molecule has 2 aromatic heterocycles. The predicted molar refractivity (Wildman–Crippen MR) is 68.1 cm³/mol. The van der Waals surface area contributed by atoms with Crippen molar-refractivity contribution in [1.29, 1.82) is 0 Å². The van der Waals surface area contributed by atoms with E-state index in [1.165, 1.54) is 0 Å². The van der Waals surface area contributed by atoms with Gasteiger partial charge in [-0.2, -0.15) is 5.10 Å². The average Bonchev–Trinajstić information content (AvgIpc) is 2.67. The standard InChI is InChI=1S/C11H18N6/c1-8-9-10(16-15-8)11(14-7-13-9)12-5-4-6-17(2)3/h7H,4-6H2,1-3H3,(H,15,16)(H,12,13,14). The van der Waals surface area contributed by atoms with E-state index in [2.05, 4.69) is 44.5 Å². The molecule has 2 heterocycles. The van der Waals surface area contributed by atoms with Crippen LogP contribution in [0.5, 0.6) is 0 Å². The van der Waals surface area contributed by atoms with E-state index in [4.69, 9.17) is 0 Å². The lowest BCUT2D eigenvalue weighted by atomic mass is 10.3. The second-order valence-electron chi connectivity index (χ2n) is 4.35. The van der Waals surface area contributed by atoms with Crippen LogP contribution >= 0.6 is 0 Å². The zero-order valence-electron chi connectivity index (χ0n) is 10.5. The summed E-state index contributed by atoms with van der Waals surface area (Å²) < 4.78 is 0. The van der Waals surface area contributed by atoms with Gasteiger partial charge in [0.05, 0.1) is 5.69 Å². The van der Waals surface area contributed by atoms with Crippen LogP contribution in [0.3, 0.4) is 0 Å². The summed E-state index contributed by atoms with van der Waals surface area (Å²) in [6.45, 7) is 3.90. The maximum absolute atomic E-state index is 4.22. The third-order valence-corrected chi connectivity index (χ3v) is 2.59. The first-order valence-corrected chi connectivity index (χ1v) is 5.73. The number of aryl methyl sites for hydroxylation is 1. The van der Waals surface area contributed by atoms with Crippen LogP contribution in [0, 0.1) is 6.92 Å². The van der Waals surface area contributed by atoms with E-state index in [1.807, 2.05) is 6.92 Å². The smallest absolute Gasteiger partial charge is 0.157 e. The molecule has 6 nitrogen and oxygen atoms in total. The molecule has 2 N–H and O–H groups in total. The quantitative estimate of drug-likeness (QED) is 0.756. The molecule has 0 aliphatic rings. The van der Waals surface area contributed by atoms with Gasteiger partial charge in [0.1, 0.15) is 11.8 Å². The minimum Gasteiger partial charge on any atom is -0.368 e. The van der Waals surface area contributed by atoms with Gasteiger partial charge in [0.15, 0.2) is 11.3 Å². The van der Waals surface area contributed by atoms with Crippen molar-refractivity contribution >= 4 is 16.9 Å². The highest BCUT2D eigenvalue weighted by molar-refractivity contribution is 5.86. The molecular formula is C11H18N6. The van der Waals surface area contributed by atoms with Crippen molar-refractivity contribution in [1.82, 2.24) is 25.1 Å². The number of fused-ring (bicyclic) bond motifs is 1.